The van der Waals surface area contributed by atoms with Gasteiger partial charge in [0.05, 0.1) is 6.42 Å². The van der Waals surface area contributed by atoms with E-state index in [-0.39, 0.29) is 12.3 Å². The molecule has 2 aromatic carbocycles. The van der Waals surface area contributed by atoms with Gasteiger partial charge in [-0.1, -0.05) is 48.5 Å². The molecule has 0 bridgehead atoms. The van der Waals surface area contributed by atoms with Crippen LogP contribution in [0.25, 0.3) is 10.9 Å². The van der Waals surface area contributed by atoms with E-state index >= 15 is 0 Å². The second kappa shape index (κ2) is 7.21. The molecular weight excluding hydrogens is 316 g/mol. The van der Waals surface area contributed by atoms with Crippen LogP contribution in [0, 0.1) is 0 Å². The van der Waals surface area contributed by atoms with Crippen molar-refractivity contribution in [1.29, 1.82) is 0 Å². The average molecular weight is 336 g/mol. The Hall–Kier alpha value is -3.08. The molecule has 0 aliphatic carbocycles. The molecule has 0 aliphatic rings. The number of H-pyrrole nitrogens is 1. The van der Waals surface area contributed by atoms with E-state index in [9.17, 15) is 9.59 Å². The summed E-state index contributed by atoms with van der Waals surface area (Å²) in [5.74, 6) is -0.702. The summed E-state index contributed by atoms with van der Waals surface area (Å²) < 4.78 is 5.54. The van der Waals surface area contributed by atoms with Gasteiger partial charge in [0, 0.05) is 36.8 Å². The number of nitrogens with one attached hydrogen (secondary N) is 1. The van der Waals surface area contributed by atoms with Gasteiger partial charge in [0.15, 0.2) is 0 Å². The van der Waals surface area contributed by atoms with Crippen LogP contribution in [0.5, 0.6) is 0 Å². The normalized spacial score (nSPS) is 11.9. The highest BCUT2D eigenvalue weighted by atomic mass is 16.5. The Morgan fingerprint density at radius 1 is 1.04 bits per heavy atom. The van der Waals surface area contributed by atoms with E-state index in [1.807, 2.05) is 42.5 Å². The number of likely N-dealkylation sites (N-methyl/N-ethyl adjacent to an activating group) is 1. The van der Waals surface area contributed by atoms with Crippen molar-refractivity contribution in [2.24, 2.45) is 0 Å². The first-order valence-electron chi connectivity index (χ1n) is 8.07. The van der Waals surface area contributed by atoms with E-state index in [1.165, 1.54) is 4.90 Å². The number of fused-ring (bicyclic) bond motifs is 1. The number of rotatable bonds is 5. The first kappa shape index (κ1) is 16.8. The molecule has 0 fully saturated rings. The van der Waals surface area contributed by atoms with Gasteiger partial charge in [-0.25, -0.2) is 0 Å². The molecule has 1 N–H and O–H groups in total. The molecule has 1 aromatic heterocycles. The van der Waals surface area contributed by atoms with E-state index < -0.39 is 12.1 Å². The van der Waals surface area contributed by atoms with Crippen molar-refractivity contribution in [2.75, 3.05) is 14.1 Å². The molecule has 0 spiro atoms. The molecule has 0 saturated carbocycles. The van der Waals surface area contributed by atoms with Gasteiger partial charge in [0.2, 0.25) is 6.10 Å². The quantitative estimate of drug-likeness (QED) is 0.728. The van der Waals surface area contributed by atoms with Crippen LogP contribution in [0.4, 0.5) is 0 Å². The van der Waals surface area contributed by atoms with Crippen molar-refractivity contribution in [3.05, 3.63) is 71.9 Å². The van der Waals surface area contributed by atoms with E-state index in [1.54, 1.807) is 32.4 Å². The van der Waals surface area contributed by atoms with Crippen LogP contribution in [-0.2, 0) is 20.7 Å². The summed E-state index contributed by atoms with van der Waals surface area (Å²) in [5, 5.41) is 0.981. The summed E-state index contributed by atoms with van der Waals surface area (Å²) in [5.41, 5.74) is 2.48. The van der Waals surface area contributed by atoms with Crippen molar-refractivity contribution in [2.45, 2.75) is 12.5 Å². The maximum Gasteiger partial charge on any atom is 0.311 e. The Morgan fingerprint density at radius 3 is 2.44 bits per heavy atom. The van der Waals surface area contributed by atoms with E-state index in [0.29, 0.717) is 5.56 Å². The molecule has 3 aromatic rings. The fourth-order valence-electron chi connectivity index (χ4n) is 2.73. The lowest BCUT2D eigenvalue weighted by molar-refractivity contribution is -0.159. The van der Waals surface area contributed by atoms with Crippen LogP contribution >= 0.6 is 0 Å². The molecule has 3 rings (SSSR count). The predicted molar refractivity (Wildman–Crippen MR) is 96.0 cm³/mol. The topological polar surface area (TPSA) is 62.4 Å². The zero-order chi connectivity index (χ0) is 17.8. The highest BCUT2D eigenvalue weighted by molar-refractivity contribution is 5.89. The molecule has 0 aliphatic heterocycles. The van der Waals surface area contributed by atoms with Gasteiger partial charge in [-0.05, 0) is 11.6 Å². The number of esters is 1. The van der Waals surface area contributed by atoms with E-state index in [4.69, 9.17) is 4.74 Å². The van der Waals surface area contributed by atoms with Gasteiger partial charge in [0.25, 0.3) is 5.91 Å². The Balaban J connectivity index is 1.79. The third-order valence-corrected chi connectivity index (χ3v) is 4.03. The minimum Gasteiger partial charge on any atom is -0.447 e. The molecule has 25 heavy (non-hydrogen) atoms. The second-order valence-electron chi connectivity index (χ2n) is 6.05. The van der Waals surface area contributed by atoms with Gasteiger partial charge in [-0.15, -0.1) is 0 Å². The summed E-state index contributed by atoms with van der Waals surface area (Å²) in [6, 6.07) is 16.8. The van der Waals surface area contributed by atoms with Gasteiger partial charge >= 0.3 is 5.97 Å². The number of hydrogen-bond donors (Lipinski definition) is 1. The lowest BCUT2D eigenvalue weighted by Crippen LogP contribution is -2.31. The highest BCUT2D eigenvalue weighted by Crippen LogP contribution is 2.22. The third kappa shape index (κ3) is 3.71. The fourth-order valence-corrected chi connectivity index (χ4v) is 2.73. The Labute approximate surface area is 146 Å². The minimum absolute atomic E-state index is 0.105. The molecule has 5 nitrogen and oxygen atoms in total. The minimum atomic E-state index is -0.936. The van der Waals surface area contributed by atoms with E-state index in [2.05, 4.69) is 4.98 Å². The number of ether oxygens (including phenoxy) is 1. The van der Waals surface area contributed by atoms with Crippen molar-refractivity contribution >= 4 is 22.8 Å². The first-order valence-corrected chi connectivity index (χ1v) is 8.07. The highest BCUT2D eigenvalue weighted by Gasteiger charge is 2.26. The van der Waals surface area contributed by atoms with Gasteiger partial charge in [-0.2, -0.15) is 0 Å². The second-order valence-corrected chi connectivity index (χ2v) is 6.05. The molecule has 1 heterocycles. The molecule has 1 amide bonds. The molecule has 5 heteroatoms. The number of benzene rings is 2. The number of carbonyl (C=O) groups is 2. The number of hydrogen-bond acceptors (Lipinski definition) is 3. The van der Waals surface area contributed by atoms with Crippen LogP contribution < -0.4 is 0 Å². The summed E-state index contributed by atoms with van der Waals surface area (Å²) in [7, 11) is 3.29. The number of aromatic nitrogens is 1. The average Bonchev–Trinajstić information content (AvgIpc) is 3.03. The van der Waals surface area contributed by atoms with Crippen LogP contribution in [0.1, 0.15) is 17.2 Å². The summed E-state index contributed by atoms with van der Waals surface area (Å²) in [6.07, 6.45) is 0.972. The van der Waals surface area contributed by atoms with Crippen molar-refractivity contribution in [3.8, 4) is 0 Å². The molecule has 0 radical (unpaired) electrons. The zero-order valence-electron chi connectivity index (χ0n) is 14.2. The maximum absolute atomic E-state index is 12.5. The van der Waals surface area contributed by atoms with Crippen molar-refractivity contribution in [1.82, 2.24) is 9.88 Å². The number of aromatic amines is 1. The molecule has 1 atom stereocenters. The Kier molecular flexibility index (Phi) is 4.84. The number of para-hydroxylation sites is 1. The summed E-state index contributed by atoms with van der Waals surface area (Å²) in [6.45, 7) is 0. The first-order chi connectivity index (χ1) is 12.1. The predicted octanol–water partition coefficient (Wildman–Crippen LogP) is 3.08. The van der Waals surface area contributed by atoms with Crippen LogP contribution in [0.2, 0.25) is 0 Å². The molecule has 128 valence electrons. The summed E-state index contributed by atoms with van der Waals surface area (Å²) in [4.78, 5) is 29.5. The van der Waals surface area contributed by atoms with Gasteiger partial charge in [0.1, 0.15) is 0 Å². The Morgan fingerprint density at radius 2 is 1.72 bits per heavy atom. The molecule has 0 unspecified atom stereocenters. The lowest BCUT2D eigenvalue weighted by atomic mass is 10.1. The third-order valence-electron chi connectivity index (χ3n) is 4.03. The van der Waals surface area contributed by atoms with Gasteiger partial charge < -0.3 is 14.6 Å². The molecular formula is C20H20N2O3. The van der Waals surface area contributed by atoms with E-state index in [0.717, 1.165) is 16.5 Å². The fraction of sp³-hybridized carbons (Fsp3) is 0.200. The number of nitrogens with zero attached hydrogens (tertiary/aromatic N) is 1. The standard InChI is InChI=1S/C20H20N2O3/c1-22(2)20(24)19(14-8-4-3-5-9-14)25-18(23)12-15-13-21-17-11-7-6-10-16(15)17/h3-11,13,19,21H,12H2,1-2H3/t19-/m1/s1. The van der Waals surface area contributed by atoms with Gasteiger partial charge in [-0.3, -0.25) is 9.59 Å². The number of carbonyl (C=O) groups excluding carboxylic acids is 2. The number of amides is 1. The van der Waals surface area contributed by atoms with Crippen molar-refractivity contribution in [3.63, 3.8) is 0 Å². The van der Waals surface area contributed by atoms with Crippen molar-refractivity contribution < 1.29 is 14.3 Å². The molecule has 0 saturated heterocycles. The zero-order valence-corrected chi connectivity index (χ0v) is 14.2. The lowest BCUT2D eigenvalue weighted by Gasteiger charge is -2.21. The Bertz CT molecular complexity index is 884. The SMILES string of the molecule is CN(C)C(=O)[C@H](OC(=O)Cc1c[nH]c2ccccc12)c1ccccc1. The van der Waals surface area contributed by atoms with Crippen LogP contribution in [-0.4, -0.2) is 35.9 Å². The largest absolute Gasteiger partial charge is 0.447 e. The summed E-state index contributed by atoms with van der Waals surface area (Å²) >= 11 is 0. The maximum atomic E-state index is 12.5. The van der Waals surface area contributed by atoms with Crippen LogP contribution in [0.3, 0.4) is 0 Å². The smallest absolute Gasteiger partial charge is 0.311 e. The van der Waals surface area contributed by atoms with Crippen LogP contribution in [0.15, 0.2) is 60.8 Å². The monoisotopic (exact) mass is 336 g/mol.